The van der Waals surface area contributed by atoms with Gasteiger partial charge in [-0.05, 0) is 29.5 Å². The van der Waals surface area contributed by atoms with Crippen LogP contribution in [0, 0.1) is 5.92 Å². The fourth-order valence-corrected chi connectivity index (χ4v) is 1.73. The SMILES string of the molecule is CC(C)[C@@H](CC=O)c1ccc(Cl)cc1. The first-order valence-corrected chi connectivity index (χ1v) is 5.22. The van der Waals surface area contributed by atoms with Crippen molar-refractivity contribution in [2.75, 3.05) is 0 Å². The Morgan fingerprint density at radius 3 is 2.29 bits per heavy atom. The molecule has 1 rings (SSSR count). The number of hydrogen-bond donors (Lipinski definition) is 0. The van der Waals surface area contributed by atoms with Gasteiger partial charge in [0.2, 0.25) is 0 Å². The van der Waals surface area contributed by atoms with Gasteiger partial charge in [-0.15, -0.1) is 0 Å². The van der Waals surface area contributed by atoms with Crippen LogP contribution in [0.3, 0.4) is 0 Å². The van der Waals surface area contributed by atoms with E-state index in [1.807, 2.05) is 24.3 Å². The van der Waals surface area contributed by atoms with Gasteiger partial charge < -0.3 is 4.79 Å². The number of hydrogen-bond acceptors (Lipinski definition) is 1. The molecule has 1 aromatic carbocycles. The molecule has 1 aromatic rings. The molecule has 2 heteroatoms. The van der Waals surface area contributed by atoms with Crippen molar-refractivity contribution in [2.45, 2.75) is 26.2 Å². The Morgan fingerprint density at radius 2 is 1.86 bits per heavy atom. The number of benzene rings is 1. The van der Waals surface area contributed by atoms with E-state index in [0.717, 1.165) is 11.3 Å². The molecule has 0 N–H and O–H groups in total. The topological polar surface area (TPSA) is 17.1 Å². The molecule has 0 heterocycles. The van der Waals surface area contributed by atoms with Crippen molar-refractivity contribution in [3.8, 4) is 0 Å². The van der Waals surface area contributed by atoms with E-state index in [-0.39, 0.29) is 0 Å². The van der Waals surface area contributed by atoms with Crippen molar-refractivity contribution in [3.63, 3.8) is 0 Å². The summed E-state index contributed by atoms with van der Waals surface area (Å²) in [4.78, 5) is 10.5. The van der Waals surface area contributed by atoms with Gasteiger partial charge in [0.1, 0.15) is 6.29 Å². The minimum atomic E-state index is 0.310. The van der Waals surface area contributed by atoms with Gasteiger partial charge in [-0.25, -0.2) is 0 Å². The summed E-state index contributed by atoms with van der Waals surface area (Å²) in [6, 6.07) is 7.74. The van der Waals surface area contributed by atoms with Gasteiger partial charge in [0.15, 0.2) is 0 Å². The minimum Gasteiger partial charge on any atom is -0.303 e. The van der Waals surface area contributed by atoms with Gasteiger partial charge in [-0.3, -0.25) is 0 Å². The molecule has 14 heavy (non-hydrogen) atoms. The zero-order chi connectivity index (χ0) is 10.6. The summed E-state index contributed by atoms with van der Waals surface area (Å²) in [5.74, 6) is 0.783. The van der Waals surface area contributed by atoms with E-state index in [4.69, 9.17) is 11.6 Å². The number of halogens is 1. The van der Waals surface area contributed by atoms with Gasteiger partial charge in [-0.2, -0.15) is 0 Å². The zero-order valence-corrected chi connectivity index (χ0v) is 9.29. The van der Waals surface area contributed by atoms with Crippen LogP contribution in [0.5, 0.6) is 0 Å². The van der Waals surface area contributed by atoms with E-state index >= 15 is 0 Å². The Hall–Kier alpha value is -0.820. The highest BCUT2D eigenvalue weighted by Gasteiger charge is 2.14. The van der Waals surface area contributed by atoms with Gasteiger partial charge >= 0.3 is 0 Å². The van der Waals surface area contributed by atoms with Crippen LogP contribution in [-0.2, 0) is 4.79 Å². The van der Waals surface area contributed by atoms with Crippen molar-refractivity contribution >= 4 is 17.9 Å². The summed E-state index contributed by atoms with van der Waals surface area (Å²) < 4.78 is 0. The third kappa shape index (κ3) is 2.85. The van der Waals surface area contributed by atoms with Crippen molar-refractivity contribution in [1.82, 2.24) is 0 Å². The van der Waals surface area contributed by atoms with Gasteiger partial charge in [0.05, 0.1) is 0 Å². The number of carbonyl (C=O) groups excluding carboxylic acids is 1. The molecule has 0 bridgehead atoms. The molecular formula is C12H15ClO. The largest absolute Gasteiger partial charge is 0.303 e. The maximum absolute atomic E-state index is 10.5. The molecule has 1 atom stereocenters. The highest BCUT2D eigenvalue weighted by molar-refractivity contribution is 6.30. The van der Waals surface area contributed by atoms with Crippen LogP contribution in [0.25, 0.3) is 0 Å². The van der Waals surface area contributed by atoms with Crippen LogP contribution in [-0.4, -0.2) is 6.29 Å². The van der Waals surface area contributed by atoms with Crippen LogP contribution in [0.4, 0.5) is 0 Å². The Bertz CT molecular complexity index is 290. The number of aldehydes is 1. The zero-order valence-electron chi connectivity index (χ0n) is 8.53. The molecule has 0 radical (unpaired) electrons. The molecule has 0 aliphatic heterocycles. The quantitative estimate of drug-likeness (QED) is 0.694. The lowest BCUT2D eigenvalue weighted by atomic mass is 9.86. The Labute approximate surface area is 90.1 Å². The smallest absolute Gasteiger partial charge is 0.120 e. The average Bonchev–Trinajstić information content (AvgIpc) is 2.15. The second-order valence-electron chi connectivity index (χ2n) is 3.80. The standard InChI is InChI=1S/C12H15ClO/c1-9(2)12(7-8-14)10-3-5-11(13)6-4-10/h3-6,8-9,12H,7H2,1-2H3/t12-/m1/s1. The monoisotopic (exact) mass is 210 g/mol. The van der Waals surface area contributed by atoms with E-state index in [0.29, 0.717) is 18.3 Å². The summed E-state index contributed by atoms with van der Waals surface area (Å²) in [5, 5.41) is 0.738. The van der Waals surface area contributed by atoms with E-state index < -0.39 is 0 Å². The molecule has 0 spiro atoms. The molecular weight excluding hydrogens is 196 g/mol. The lowest BCUT2D eigenvalue weighted by molar-refractivity contribution is -0.108. The summed E-state index contributed by atoms with van der Waals surface area (Å²) >= 11 is 5.80. The predicted octanol–water partition coefficient (Wildman–Crippen LogP) is 3.67. The number of carbonyl (C=O) groups is 1. The maximum atomic E-state index is 10.5. The second-order valence-corrected chi connectivity index (χ2v) is 4.24. The third-order valence-corrected chi connectivity index (χ3v) is 2.71. The van der Waals surface area contributed by atoms with Gasteiger partial charge in [-0.1, -0.05) is 37.6 Å². The lowest BCUT2D eigenvalue weighted by Crippen LogP contribution is -2.07. The molecule has 0 aliphatic rings. The molecule has 0 aromatic heterocycles. The van der Waals surface area contributed by atoms with Crippen LogP contribution in [0.15, 0.2) is 24.3 Å². The Balaban J connectivity index is 2.87. The van der Waals surface area contributed by atoms with Crippen LogP contribution in [0.2, 0.25) is 5.02 Å². The summed E-state index contributed by atoms with van der Waals surface area (Å²) in [7, 11) is 0. The first kappa shape index (κ1) is 11.3. The Morgan fingerprint density at radius 1 is 1.29 bits per heavy atom. The minimum absolute atomic E-state index is 0.310. The maximum Gasteiger partial charge on any atom is 0.120 e. The third-order valence-electron chi connectivity index (χ3n) is 2.45. The molecule has 0 unspecified atom stereocenters. The van der Waals surface area contributed by atoms with Crippen molar-refractivity contribution in [2.24, 2.45) is 5.92 Å². The summed E-state index contributed by atoms with van der Waals surface area (Å²) in [6.07, 6.45) is 1.57. The summed E-state index contributed by atoms with van der Waals surface area (Å²) in [6.45, 7) is 4.26. The summed E-state index contributed by atoms with van der Waals surface area (Å²) in [5.41, 5.74) is 1.19. The molecule has 0 aliphatic carbocycles. The molecule has 0 amide bonds. The van der Waals surface area contributed by atoms with Crippen molar-refractivity contribution < 1.29 is 4.79 Å². The van der Waals surface area contributed by atoms with E-state index in [1.165, 1.54) is 5.56 Å². The molecule has 1 nitrogen and oxygen atoms in total. The first-order valence-electron chi connectivity index (χ1n) is 4.84. The van der Waals surface area contributed by atoms with Crippen LogP contribution in [0.1, 0.15) is 31.7 Å². The van der Waals surface area contributed by atoms with Gasteiger partial charge in [0.25, 0.3) is 0 Å². The van der Waals surface area contributed by atoms with Crippen LogP contribution < -0.4 is 0 Å². The average molecular weight is 211 g/mol. The molecule has 0 saturated heterocycles. The van der Waals surface area contributed by atoms with Crippen molar-refractivity contribution in [1.29, 1.82) is 0 Å². The van der Waals surface area contributed by atoms with Gasteiger partial charge in [0, 0.05) is 11.4 Å². The van der Waals surface area contributed by atoms with Crippen molar-refractivity contribution in [3.05, 3.63) is 34.9 Å². The normalized spacial score (nSPS) is 12.9. The highest BCUT2D eigenvalue weighted by Crippen LogP contribution is 2.27. The fourth-order valence-electron chi connectivity index (χ4n) is 1.61. The fraction of sp³-hybridized carbons (Fsp3) is 0.417. The first-order chi connectivity index (χ1) is 6.65. The highest BCUT2D eigenvalue weighted by atomic mass is 35.5. The molecule has 0 fully saturated rings. The molecule has 0 saturated carbocycles. The Kier molecular flexibility index (Phi) is 4.15. The van der Waals surface area contributed by atoms with E-state index in [9.17, 15) is 4.79 Å². The van der Waals surface area contributed by atoms with Crippen LogP contribution >= 0.6 is 11.6 Å². The van der Waals surface area contributed by atoms with E-state index in [2.05, 4.69) is 13.8 Å². The number of rotatable bonds is 4. The lowest BCUT2D eigenvalue weighted by Gasteiger charge is -2.18. The molecule has 76 valence electrons. The predicted molar refractivity (Wildman–Crippen MR) is 59.7 cm³/mol. The second kappa shape index (κ2) is 5.16. The van der Waals surface area contributed by atoms with E-state index in [1.54, 1.807) is 0 Å².